The van der Waals surface area contributed by atoms with Gasteiger partial charge < -0.3 is 20.4 Å². The van der Waals surface area contributed by atoms with Crippen molar-refractivity contribution in [1.29, 1.82) is 0 Å². The summed E-state index contributed by atoms with van der Waals surface area (Å²) in [5, 5.41) is 32.9. The second-order valence-corrected chi connectivity index (χ2v) is 4.99. The number of rotatable bonds is 4. The molecule has 0 aromatic rings. The van der Waals surface area contributed by atoms with E-state index in [4.69, 9.17) is 20.4 Å². The van der Waals surface area contributed by atoms with Crippen molar-refractivity contribution in [2.75, 3.05) is 24.7 Å². The molecule has 0 saturated heterocycles. The Bertz CT molecular complexity index is 228. The molecule has 0 atom stereocenters. The molecule has 0 aliphatic heterocycles. The third kappa shape index (κ3) is 15.6. The Morgan fingerprint density at radius 1 is 0.800 bits per heavy atom. The highest BCUT2D eigenvalue weighted by Crippen LogP contribution is 2.27. The smallest absolute Gasteiger partial charge is 0.313 e. The summed E-state index contributed by atoms with van der Waals surface area (Å²) >= 11 is 6.83. The van der Waals surface area contributed by atoms with Crippen molar-refractivity contribution >= 4 is 37.2 Å². The third-order valence-corrected chi connectivity index (χ3v) is 3.29. The van der Waals surface area contributed by atoms with Gasteiger partial charge in [-0.2, -0.15) is 25.3 Å². The summed E-state index contributed by atoms with van der Waals surface area (Å²) in [6, 6.07) is 0. The standard InChI is InChI=1S/C8H16O2.2C2H4O2S/c9-5-7-1-2-8(6-10)4-3-7;2*3-2(4)1-5/h7-10H,1-6H2;2*5H,1H2,(H,3,4). The fourth-order valence-corrected chi connectivity index (χ4v) is 1.60. The fraction of sp³-hybridized carbons (Fsp3) is 0.833. The molecule has 0 aromatic heterocycles. The van der Waals surface area contributed by atoms with Crippen molar-refractivity contribution in [2.45, 2.75) is 25.7 Å². The zero-order valence-corrected chi connectivity index (χ0v) is 13.1. The number of aliphatic hydroxyl groups excluding tert-OH is 2. The average Bonchev–Trinajstić information content (AvgIpc) is 2.48. The molecule has 1 aliphatic rings. The molecule has 0 bridgehead atoms. The van der Waals surface area contributed by atoms with Gasteiger partial charge in [-0.1, -0.05) is 0 Å². The molecular formula is C12H24O6S2. The monoisotopic (exact) mass is 328 g/mol. The first-order chi connectivity index (χ1) is 9.40. The molecule has 8 heteroatoms. The number of carboxylic acids is 2. The number of hydrogen-bond acceptors (Lipinski definition) is 6. The SMILES string of the molecule is O=C(O)CS.O=C(O)CS.OCC1CCC(CO)CC1. The second-order valence-electron chi connectivity index (χ2n) is 4.36. The molecule has 0 spiro atoms. The maximum absolute atomic E-state index is 9.29. The Balaban J connectivity index is 0. The van der Waals surface area contributed by atoms with E-state index in [1.165, 1.54) is 0 Å². The van der Waals surface area contributed by atoms with Crippen LogP contribution in [0.25, 0.3) is 0 Å². The molecule has 0 unspecified atom stereocenters. The van der Waals surface area contributed by atoms with E-state index in [1.54, 1.807) is 0 Å². The van der Waals surface area contributed by atoms with Gasteiger partial charge in [-0.3, -0.25) is 9.59 Å². The summed E-state index contributed by atoms with van der Waals surface area (Å²) in [5.74, 6) is -0.896. The Labute approximate surface area is 130 Å². The summed E-state index contributed by atoms with van der Waals surface area (Å²) in [5.41, 5.74) is 0. The molecule has 1 fully saturated rings. The summed E-state index contributed by atoms with van der Waals surface area (Å²) in [6.45, 7) is 0.663. The quantitative estimate of drug-likeness (QED) is 0.425. The second kappa shape index (κ2) is 15.0. The molecule has 6 nitrogen and oxygen atoms in total. The molecule has 1 aliphatic carbocycles. The van der Waals surface area contributed by atoms with E-state index in [0.717, 1.165) is 25.7 Å². The van der Waals surface area contributed by atoms with Crippen molar-refractivity contribution in [2.24, 2.45) is 11.8 Å². The highest BCUT2D eigenvalue weighted by molar-refractivity contribution is 7.81. The molecular weight excluding hydrogens is 304 g/mol. The van der Waals surface area contributed by atoms with Crippen LogP contribution in [0, 0.1) is 11.8 Å². The van der Waals surface area contributed by atoms with Crippen molar-refractivity contribution in [3.8, 4) is 0 Å². The van der Waals surface area contributed by atoms with Gasteiger partial charge in [0.25, 0.3) is 0 Å². The normalized spacial score (nSPS) is 20.8. The van der Waals surface area contributed by atoms with Crippen LogP contribution < -0.4 is 0 Å². The average molecular weight is 328 g/mol. The predicted molar refractivity (Wildman–Crippen MR) is 82.6 cm³/mol. The zero-order valence-electron chi connectivity index (χ0n) is 11.3. The number of thiol groups is 2. The van der Waals surface area contributed by atoms with E-state index in [0.29, 0.717) is 25.0 Å². The first-order valence-electron chi connectivity index (χ1n) is 6.28. The van der Waals surface area contributed by atoms with E-state index in [-0.39, 0.29) is 11.5 Å². The number of carbonyl (C=O) groups is 2. The minimum Gasteiger partial charge on any atom is -0.481 e. The first-order valence-corrected chi connectivity index (χ1v) is 7.54. The van der Waals surface area contributed by atoms with Gasteiger partial charge in [-0.25, -0.2) is 0 Å². The van der Waals surface area contributed by atoms with Crippen LogP contribution in [0.1, 0.15) is 25.7 Å². The van der Waals surface area contributed by atoms with Crippen LogP contribution in [-0.4, -0.2) is 57.1 Å². The van der Waals surface area contributed by atoms with E-state index in [2.05, 4.69) is 25.3 Å². The van der Waals surface area contributed by atoms with Crippen LogP contribution in [0.4, 0.5) is 0 Å². The number of aliphatic hydroxyl groups is 2. The Hall–Kier alpha value is -0.440. The van der Waals surface area contributed by atoms with Crippen LogP contribution in [0.5, 0.6) is 0 Å². The van der Waals surface area contributed by atoms with E-state index >= 15 is 0 Å². The largest absolute Gasteiger partial charge is 0.481 e. The van der Waals surface area contributed by atoms with Gasteiger partial charge in [0.05, 0.1) is 11.5 Å². The van der Waals surface area contributed by atoms with Crippen molar-refractivity contribution < 1.29 is 30.0 Å². The molecule has 4 N–H and O–H groups in total. The fourth-order valence-electron chi connectivity index (χ4n) is 1.60. The summed E-state index contributed by atoms with van der Waals surface area (Å²) in [6.07, 6.45) is 4.40. The molecule has 0 heterocycles. The summed E-state index contributed by atoms with van der Waals surface area (Å²) in [7, 11) is 0. The zero-order chi connectivity index (χ0) is 16.0. The van der Waals surface area contributed by atoms with Crippen LogP contribution >= 0.6 is 25.3 Å². The molecule has 0 amide bonds. The number of hydrogen-bond donors (Lipinski definition) is 6. The van der Waals surface area contributed by atoms with Gasteiger partial charge in [0.15, 0.2) is 0 Å². The van der Waals surface area contributed by atoms with Crippen molar-refractivity contribution in [3.05, 3.63) is 0 Å². The van der Waals surface area contributed by atoms with Crippen LogP contribution in [0.3, 0.4) is 0 Å². The van der Waals surface area contributed by atoms with E-state index in [9.17, 15) is 9.59 Å². The Morgan fingerprint density at radius 2 is 1.00 bits per heavy atom. The van der Waals surface area contributed by atoms with E-state index < -0.39 is 11.9 Å². The first kappa shape index (κ1) is 21.9. The molecule has 1 rings (SSSR count). The minimum atomic E-state index is -0.881. The lowest BCUT2D eigenvalue weighted by atomic mass is 9.83. The molecule has 0 radical (unpaired) electrons. The summed E-state index contributed by atoms with van der Waals surface area (Å²) < 4.78 is 0. The van der Waals surface area contributed by atoms with Gasteiger partial charge >= 0.3 is 11.9 Å². The van der Waals surface area contributed by atoms with Gasteiger partial charge in [-0.05, 0) is 37.5 Å². The lowest BCUT2D eigenvalue weighted by Crippen LogP contribution is -2.19. The molecule has 1 saturated carbocycles. The summed E-state index contributed by atoms with van der Waals surface area (Å²) in [4.78, 5) is 18.6. The van der Waals surface area contributed by atoms with E-state index in [1.807, 2.05) is 0 Å². The molecule has 20 heavy (non-hydrogen) atoms. The Kier molecular flexibility index (Phi) is 16.3. The van der Waals surface area contributed by atoms with Crippen LogP contribution in [-0.2, 0) is 9.59 Å². The molecule has 0 aromatic carbocycles. The maximum atomic E-state index is 9.29. The lowest BCUT2D eigenvalue weighted by Gasteiger charge is -2.25. The topological polar surface area (TPSA) is 115 Å². The highest BCUT2D eigenvalue weighted by atomic mass is 32.1. The number of aliphatic carboxylic acids is 2. The van der Waals surface area contributed by atoms with Gasteiger partial charge in [0.1, 0.15) is 0 Å². The highest BCUT2D eigenvalue weighted by Gasteiger charge is 2.19. The predicted octanol–water partition coefficient (Wildman–Crippen LogP) is 0.779. The van der Waals surface area contributed by atoms with Gasteiger partial charge in [0, 0.05) is 13.2 Å². The molecule has 120 valence electrons. The third-order valence-electron chi connectivity index (χ3n) is 2.75. The Morgan fingerprint density at radius 3 is 1.10 bits per heavy atom. The van der Waals surface area contributed by atoms with Crippen molar-refractivity contribution in [3.63, 3.8) is 0 Å². The maximum Gasteiger partial charge on any atom is 0.313 e. The minimum absolute atomic E-state index is 0.0833. The van der Waals surface area contributed by atoms with Crippen LogP contribution in [0.15, 0.2) is 0 Å². The van der Waals surface area contributed by atoms with Gasteiger partial charge in [-0.15, -0.1) is 0 Å². The van der Waals surface area contributed by atoms with Gasteiger partial charge in [0.2, 0.25) is 0 Å². The van der Waals surface area contributed by atoms with Crippen molar-refractivity contribution in [1.82, 2.24) is 0 Å². The number of carboxylic acid groups (broad SMARTS) is 2. The lowest BCUT2D eigenvalue weighted by molar-refractivity contribution is -0.134. The van der Waals surface area contributed by atoms with Crippen LogP contribution in [0.2, 0.25) is 0 Å².